The molecule has 0 nitrogen and oxygen atoms in total. The molecule has 0 spiro atoms. The molecular formula is C20H26F6IP. The molecule has 0 heterocycles. The van der Waals surface area contributed by atoms with Gasteiger partial charge in [-0.25, -0.2) is 0 Å². The van der Waals surface area contributed by atoms with Crippen molar-refractivity contribution in [2.75, 3.05) is 0 Å². The summed E-state index contributed by atoms with van der Waals surface area (Å²) in [6.07, 6.45) is 9.54. The molecule has 0 aliphatic carbocycles. The first-order chi connectivity index (χ1) is 12.8. The second kappa shape index (κ2) is 10.3. The predicted molar refractivity (Wildman–Crippen MR) is 101 cm³/mol. The molecule has 8 heteroatoms. The molecule has 2 rings (SSSR count). The van der Waals surface area contributed by atoms with Crippen LogP contribution in [0.2, 0.25) is 0 Å². The topological polar surface area (TPSA) is 0 Å². The van der Waals surface area contributed by atoms with E-state index in [0.29, 0.717) is 0 Å². The van der Waals surface area contributed by atoms with Gasteiger partial charge in [0.1, 0.15) is 0 Å². The Morgan fingerprint density at radius 3 is 1.64 bits per heavy atom. The quantitative estimate of drug-likeness (QED) is 0.157. The first-order valence-corrected chi connectivity index (χ1v) is 13.4. The van der Waals surface area contributed by atoms with Crippen molar-refractivity contribution in [1.82, 2.24) is 0 Å². The van der Waals surface area contributed by atoms with E-state index in [9.17, 15) is 25.2 Å². The van der Waals surface area contributed by atoms with Gasteiger partial charge in [-0.3, -0.25) is 0 Å². The Balaban J connectivity index is 0.000000480. The van der Waals surface area contributed by atoms with Gasteiger partial charge in [0, 0.05) is 0 Å². The summed E-state index contributed by atoms with van der Waals surface area (Å²) >= 11 is -0.00814. The van der Waals surface area contributed by atoms with E-state index >= 15 is 0 Å². The zero-order valence-electron chi connectivity index (χ0n) is 15.7. The van der Waals surface area contributed by atoms with Gasteiger partial charge >= 0.3 is 54.2 Å². The summed E-state index contributed by atoms with van der Waals surface area (Å²) in [5.41, 5.74) is 1.51. The first-order valence-electron chi connectivity index (χ1n) is 9.18. The Bertz CT molecular complexity index is 673. The Hall–Kier alpha value is -0.820. The maximum absolute atomic E-state index is 10.7. The monoisotopic (exact) mass is 538 g/mol. The Morgan fingerprint density at radius 2 is 1.11 bits per heavy atom. The molecule has 0 aliphatic rings. The van der Waals surface area contributed by atoms with Gasteiger partial charge < -0.3 is 0 Å². The third-order valence-corrected chi connectivity index (χ3v) is 6.37. The van der Waals surface area contributed by atoms with Crippen LogP contribution in [0.1, 0.15) is 51.0 Å². The van der Waals surface area contributed by atoms with Crippen LogP contribution in [0.15, 0.2) is 54.6 Å². The van der Waals surface area contributed by atoms with E-state index in [2.05, 4.69) is 61.5 Å². The van der Waals surface area contributed by atoms with Crippen LogP contribution in [0, 0.1) is 7.14 Å². The minimum atomic E-state index is -10.7. The average Bonchev–Trinajstić information content (AvgIpc) is 2.58. The molecule has 0 bridgehead atoms. The number of halogens is 7. The molecule has 0 radical (unpaired) electrons. The molecule has 0 saturated carbocycles. The van der Waals surface area contributed by atoms with Crippen LogP contribution in [0.4, 0.5) is 25.2 Å². The molecule has 0 N–H and O–H groups in total. The summed E-state index contributed by atoms with van der Waals surface area (Å²) < 4.78 is 62.2. The molecule has 0 unspecified atom stereocenters. The number of benzene rings is 2. The van der Waals surface area contributed by atoms with Gasteiger partial charge in [-0.15, -0.1) is 0 Å². The second-order valence-corrected chi connectivity index (χ2v) is 11.4. The van der Waals surface area contributed by atoms with Gasteiger partial charge in [0.15, 0.2) is 7.14 Å². The van der Waals surface area contributed by atoms with Crippen molar-refractivity contribution < 1.29 is 46.4 Å². The summed E-state index contributed by atoms with van der Waals surface area (Å²) in [6, 6.07) is 20.2. The molecule has 0 fully saturated rings. The average molecular weight is 538 g/mol. The number of hydrogen-bond donors (Lipinski definition) is 0. The molecule has 160 valence electrons. The van der Waals surface area contributed by atoms with Crippen molar-refractivity contribution in [2.45, 2.75) is 51.9 Å². The normalized spacial score (nSPS) is 13.8. The molecule has 28 heavy (non-hydrogen) atoms. The van der Waals surface area contributed by atoms with Gasteiger partial charge in [0.05, 0.1) is 0 Å². The van der Waals surface area contributed by atoms with Crippen LogP contribution in [0.5, 0.6) is 0 Å². The van der Waals surface area contributed by atoms with E-state index in [1.807, 2.05) is 0 Å². The number of hydrogen-bond acceptors (Lipinski definition) is 0. The van der Waals surface area contributed by atoms with E-state index < -0.39 is 7.81 Å². The fourth-order valence-corrected chi connectivity index (χ4v) is 4.64. The fraction of sp³-hybridized carbons (Fsp3) is 0.400. The van der Waals surface area contributed by atoms with E-state index in [1.165, 1.54) is 57.6 Å². The van der Waals surface area contributed by atoms with Gasteiger partial charge in [0.25, 0.3) is 0 Å². The third-order valence-electron chi connectivity index (χ3n) is 3.68. The standard InChI is InChI=1S/C20H26I.F6P/c1-2-3-4-5-6-8-11-18-14-16-20(17-15-18)21-19-12-9-7-10-13-19;1-7(2,3,4,5)6/h7,9-10,12-17H,2-6,8,11H2,1H3;/q+1;-1. The Morgan fingerprint density at radius 1 is 0.643 bits per heavy atom. The summed E-state index contributed by atoms with van der Waals surface area (Å²) in [7, 11) is -10.7. The number of aryl methyl sites for hydroxylation is 1. The zero-order chi connectivity index (χ0) is 21.2. The summed E-state index contributed by atoms with van der Waals surface area (Å²) in [6.45, 7) is 2.28. The van der Waals surface area contributed by atoms with Crippen LogP contribution < -0.4 is 21.2 Å². The van der Waals surface area contributed by atoms with Crippen molar-refractivity contribution in [3.8, 4) is 0 Å². The van der Waals surface area contributed by atoms with Crippen LogP contribution in [-0.2, 0) is 6.42 Å². The number of unbranched alkanes of at least 4 members (excludes halogenated alkanes) is 5. The minimum absolute atomic E-state index is 0.00814. The molecule has 0 amide bonds. The molecule has 2 aromatic rings. The first kappa shape index (κ1) is 25.2. The van der Waals surface area contributed by atoms with Crippen molar-refractivity contribution >= 4 is 7.81 Å². The molecule has 2 aromatic carbocycles. The van der Waals surface area contributed by atoms with Gasteiger partial charge in [-0.1, -0.05) is 69.4 Å². The number of rotatable bonds is 9. The molecule has 0 aromatic heterocycles. The summed E-state index contributed by atoms with van der Waals surface area (Å²) in [4.78, 5) is 0. The van der Waals surface area contributed by atoms with Crippen LogP contribution in [0.3, 0.4) is 0 Å². The fourth-order valence-electron chi connectivity index (χ4n) is 2.43. The molecule has 0 aliphatic heterocycles. The Labute approximate surface area is 173 Å². The molecular weight excluding hydrogens is 512 g/mol. The summed E-state index contributed by atoms with van der Waals surface area (Å²) in [5.74, 6) is 0. The van der Waals surface area contributed by atoms with Crippen molar-refractivity contribution in [3.63, 3.8) is 0 Å². The van der Waals surface area contributed by atoms with Crippen molar-refractivity contribution in [1.29, 1.82) is 0 Å². The van der Waals surface area contributed by atoms with Crippen molar-refractivity contribution in [2.24, 2.45) is 0 Å². The van der Waals surface area contributed by atoms with Crippen LogP contribution in [-0.4, -0.2) is 0 Å². The molecule has 0 saturated heterocycles. The second-order valence-electron chi connectivity index (χ2n) is 6.49. The summed E-state index contributed by atoms with van der Waals surface area (Å²) in [5, 5.41) is 0. The van der Waals surface area contributed by atoms with E-state index in [0.717, 1.165) is 0 Å². The Kier molecular flexibility index (Phi) is 9.26. The van der Waals surface area contributed by atoms with Gasteiger partial charge in [-0.2, -0.15) is 0 Å². The zero-order valence-corrected chi connectivity index (χ0v) is 18.8. The van der Waals surface area contributed by atoms with Gasteiger partial charge in [-0.05, 0) is 42.7 Å². The third kappa shape index (κ3) is 17.3. The van der Waals surface area contributed by atoms with Gasteiger partial charge in [0.2, 0.25) is 0 Å². The predicted octanol–water partition coefficient (Wildman–Crippen LogP) is 6.10. The van der Waals surface area contributed by atoms with E-state index in [4.69, 9.17) is 0 Å². The van der Waals surface area contributed by atoms with Crippen LogP contribution >= 0.6 is 7.81 Å². The van der Waals surface area contributed by atoms with E-state index in [1.54, 1.807) is 0 Å². The molecule has 0 atom stereocenters. The van der Waals surface area contributed by atoms with Crippen LogP contribution in [0.25, 0.3) is 0 Å². The van der Waals surface area contributed by atoms with E-state index in [-0.39, 0.29) is 21.2 Å². The maximum atomic E-state index is 9.87. The SMILES string of the molecule is CCCCCCCCc1ccc([I+]c2ccccc2)cc1.F[P-](F)(F)(F)(F)F. The van der Waals surface area contributed by atoms with Crippen molar-refractivity contribution in [3.05, 3.63) is 67.3 Å².